The van der Waals surface area contributed by atoms with Crippen molar-refractivity contribution in [3.8, 4) is 0 Å². The van der Waals surface area contributed by atoms with Crippen LogP contribution in [0.2, 0.25) is 0 Å². The van der Waals surface area contributed by atoms with Crippen LogP contribution in [0, 0.1) is 11.0 Å². The van der Waals surface area contributed by atoms with Gasteiger partial charge in [0.25, 0.3) is 5.03 Å². The molecule has 1 heterocycles. The van der Waals surface area contributed by atoms with E-state index in [-0.39, 0.29) is 17.8 Å². The van der Waals surface area contributed by atoms with Crippen LogP contribution in [0.25, 0.3) is 0 Å². The zero-order chi connectivity index (χ0) is 16.1. The zero-order valence-corrected chi connectivity index (χ0v) is 13.1. The maximum atomic E-state index is 12.9. The molecule has 0 aliphatic carbocycles. The molecule has 0 saturated heterocycles. The van der Waals surface area contributed by atoms with E-state index < -0.39 is 5.25 Å². The van der Waals surface area contributed by atoms with E-state index in [1.54, 1.807) is 37.3 Å². The SMILES string of the molecule is C[C@@H](Sc1cccc[n+]1[O-])C(=O)N[C@H](C)c1ccc(F)cc1. The summed E-state index contributed by atoms with van der Waals surface area (Å²) in [7, 11) is 0. The summed E-state index contributed by atoms with van der Waals surface area (Å²) in [6.45, 7) is 3.57. The van der Waals surface area contributed by atoms with Crippen molar-refractivity contribution in [2.75, 3.05) is 0 Å². The summed E-state index contributed by atoms with van der Waals surface area (Å²) in [5, 5.41) is 14.5. The molecule has 6 heteroatoms. The normalized spacial score (nSPS) is 13.4. The van der Waals surface area contributed by atoms with Gasteiger partial charge in [0.2, 0.25) is 5.91 Å². The number of hydrogen-bond donors (Lipinski definition) is 1. The lowest BCUT2D eigenvalue weighted by atomic mass is 10.1. The van der Waals surface area contributed by atoms with E-state index in [1.807, 2.05) is 6.92 Å². The van der Waals surface area contributed by atoms with Gasteiger partial charge in [-0.2, -0.15) is 4.73 Å². The van der Waals surface area contributed by atoms with Crippen LogP contribution in [0.5, 0.6) is 0 Å². The second-order valence-electron chi connectivity index (χ2n) is 4.91. The average molecular weight is 320 g/mol. The standard InChI is InChI=1S/C16H17FN2O2S/c1-11(13-6-8-14(17)9-7-13)18-16(20)12(2)22-15-5-3-4-10-19(15)21/h3-12H,1-2H3,(H,18,20)/t11-,12-/m1/s1. The molecule has 116 valence electrons. The summed E-state index contributed by atoms with van der Waals surface area (Å²) in [5.41, 5.74) is 0.825. The van der Waals surface area contributed by atoms with Gasteiger partial charge in [-0.15, -0.1) is 0 Å². The fourth-order valence-corrected chi connectivity index (χ4v) is 2.76. The molecule has 22 heavy (non-hydrogen) atoms. The fraction of sp³-hybridized carbons (Fsp3) is 0.250. The van der Waals surface area contributed by atoms with Gasteiger partial charge in [0.15, 0.2) is 6.20 Å². The number of carbonyl (C=O) groups is 1. The van der Waals surface area contributed by atoms with Gasteiger partial charge in [-0.25, -0.2) is 4.39 Å². The van der Waals surface area contributed by atoms with Gasteiger partial charge in [-0.05, 0) is 49.4 Å². The largest absolute Gasteiger partial charge is 0.618 e. The minimum Gasteiger partial charge on any atom is -0.618 e. The molecule has 0 aliphatic rings. The Morgan fingerprint density at radius 2 is 1.91 bits per heavy atom. The third kappa shape index (κ3) is 4.21. The highest BCUT2D eigenvalue weighted by molar-refractivity contribution is 8.00. The molecular formula is C16H17FN2O2S. The number of benzene rings is 1. The molecule has 1 aromatic heterocycles. The number of halogens is 1. The van der Waals surface area contributed by atoms with E-state index in [4.69, 9.17) is 0 Å². The van der Waals surface area contributed by atoms with Crippen LogP contribution >= 0.6 is 11.8 Å². The number of nitrogens with one attached hydrogen (secondary N) is 1. The van der Waals surface area contributed by atoms with Crippen LogP contribution in [-0.4, -0.2) is 11.2 Å². The lowest BCUT2D eigenvalue weighted by Gasteiger charge is -2.17. The maximum Gasteiger partial charge on any atom is 0.252 e. The number of thioether (sulfide) groups is 1. The highest BCUT2D eigenvalue weighted by atomic mass is 32.2. The van der Waals surface area contributed by atoms with Crippen molar-refractivity contribution in [1.82, 2.24) is 5.32 Å². The zero-order valence-electron chi connectivity index (χ0n) is 12.3. The van der Waals surface area contributed by atoms with E-state index in [2.05, 4.69) is 5.32 Å². The minimum atomic E-state index is -0.412. The topological polar surface area (TPSA) is 56.0 Å². The number of carbonyl (C=O) groups excluding carboxylic acids is 1. The lowest BCUT2D eigenvalue weighted by molar-refractivity contribution is -0.645. The number of hydrogen-bond acceptors (Lipinski definition) is 3. The number of nitrogens with zero attached hydrogens (tertiary/aromatic N) is 1. The Balaban J connectivity index is 1.96. The molecule has 0 bridgehead atoms. The van der Waals surface area contributed by atoms with Crippen molar-refractivity contribution in [2.24, 2.45) is 0 Å². The van der Waals surface area contributed by atoms with Crippen molar-refractivity contribution < 1.29 is 13.9 Å². The summed E-state index contributed by atoms with van der Waals surface area (Å²) in [6, 6.07) is 10.8. The Kier molecular flexibility index (Phi) is 5.38. The van der Waals surface area contributed by atoms with Crippen molar-refractivity contribution in [2.45, 2.75) is 30.2 Å². The Bertz CT molecular complexity index is 649. The fourth-order valence-electron chi connectivity index (χ4n) is 1.90. The summed E-state index contributed by atoms with van der Waals surface area (Å²) < 4.78 is 13.6. The van der Waals surface area contributed by atoms with Crippen LogP contribution in [0.15, 0.2) is 53.7 Å². The van der Waals surface area contributed by atoms with Gasteiger partial charge >= 0.3 is 0 Å². The molecule has 0 unspecified atom stereocenters. The van der Waals surface area contributed by atoms with E-state index >= 15 is 0 Å². The summed E-state index contributed by atoms with van der Waals surface area (Å²) in [6.07, 6.45) is 1.40. The number of pyridine rings is 1. The Hall–Kier alpha value is -2.08. The number of rotatable bonds is 5. The van der Waals surface area contributed by atoms with E-state index in [1.165, 1.54) is 30.1 Å². The molecule has 1 N–H and O–H groups in total. The summed E-state index contributed by atoms with van der Waals surface area (Å²) >= 11 is 1.20. The Labute approximate surface area is 132 Å². The van der Waals surface area contributed by atoms with E-state index in [9.17, 15) is 14.4 Å². The van der Waals surface area contributed by atoms with Crippen LogP contribution in [0.1, 0.15) is 25.5 Å². The summed E-state index contributed by atoms with van der Waals surface area (Å²) in [4.78, 5) is 12.2. The van der Waals surface area contributed by atoms with Crippen molar-refractivity contribution in [3.05, 3.63) is 65.2 Å². The maximum absolute atomic E-state index is 12.9. The van der Waals surface area contributed by atoms with Crippen LogP contribution in [0.3, 0.4) is 0 Å². The molecule has 0 aliphatic heterocycles. The first-order valence-corrected chi connectivity index (χ1v) is 7.76. The predicted octanol–water partition coefficient (Wildman–Crippen LogP) is 2.82. The third-order valence-electron chi connectivity index (χ3n) is 3.18. The number of aromatic nitrogens is 1. The van der Waals surface area contributed by atoms with Crippen LogP contribution in [-0.2, 0) is 4.79 Å². The van der Waals surface area contributed by atoms with E-state index in [0.717, 1.165) is 10.3 Å². The van der Waals surface area contributed by atoms with Gasteiger partial charge in [-0.1, -0.05) is 12.1 Å². The minimum absolute atomic E-state index is 0.175. The molecular weight excluding hydrogens is 303 g/mol. The smallest absolute Gasteiger partial charge is 0.252 e. The van der Waals surface area contributed by atoms with Gasteiger partial charge in [0.1, 0.15) is 5.82 Å². The lowest BCUT2D eigenvalue weighted by Crippen LogP contribution is -2.35. The second kappa shape index (κ2) is 7.26. The molecule has 2 aromatic rings. The molecule has 0 saturated carbocycles. The molecule has 1 aromatic carbocycles. The van der Waals surface area contributed by atoms with E-state index in [0.29, 0.717) is 5.03 Å². The first-order chi connectivity index (χ1) is 10.5. The first-order valence-electron chi connectivity index (χ1n) is 6.88. The number of amides is 1. The highest BCUT2D eigenvalue weighted by Crippen LogP contribution is 2.21. The van der Waals surface area contributed by atoms with Crippen molar-refractivity contribution in [3.63, 3.8) is 0 Å². The van der Waals surface area contributed by atoms with Gasteiger partial charge < -0.3 is 10.5 Å². The molecule has 1 amide bonds. The van der Waals surface area contributed by atoms with Gasteiger partial charge in [0.05, 0.1) is 11.3 Å². The van der Waals surface area contributed by atoms with Crippen molar-refractivity contribution >= 4 is 17.7 Å². The third-order valence-corrected chi connectivity index (χ3v) is 4.31. The average Bonchev–Trinajstić information content (AvgIpc) is 2.50. The quantitative estimate of drug-likeness (QED) is 0.523. The Morgan fingerprint density at radius 3 is 2.55 bits per heavy atom. The Morgan fingerprint density at radius 1 is 1.23 bits per heavy atom. The summed E-state index contributed by atoms with van der Waals surface area (Å²) in [5.74, 6) is -0.485. The van der Waals surface area contributed by atoms with Crippen molar-refractivity contribution in [1.29, 1.82) is 0 Å². The predicted molar refractivity (Wildman–Crippen MR) is 83.7 cm³/mol. The van der Waals surface area contributed by atoms with Gasteiger partial charge in [-0.3, -0.25) is 4.79 Å². The second-order valence-corrected chi connectivity index (χ2v) is 6.27. The molecule has 2 rings (SSSR count). The van der Waals surface area contributed by atoms with Crippen LogP contribution in [0.4, 0.5) is 4.39 Å². The monoisotopic (exact) mass is 320 g/mol. The van der Waals surface area contributed by atoms with Crippen LogP contribution < -0.4 is 10.0 Å². The van der Waals surface area contributed by atoms with Gasteiger partial charge in [0, 0.05) is 12.1 Å². The molecule has 0 spiro atoms. The first kappa shape index (κ1) is 16.3. The molecule has 2 atom stereocenters. The highest BCUT2D eigenvalue weighted by Gasteiger charge is 2.20. The molecule has 4 nitrogen and oxygen atoms in total. The molecule has 0 radical (unpaired) electrons. The molecule has 0 fully saturated rings.